The monoisotopic (exact) mass is 404 g/mol. The van der Waals surface area contributed by atoms with E-state index in [4.69, 9.17) is 0 Å². The molecule has 0 atom stereocenters. The van der Waals surface area contributed by atoms with Gasteiger partial charge in [-0.25, -0.2) is 13.1 Å². The van der Waals surface area contributed by atoms with Crippen molar-refractivity contribution in [1.29, 1.82) is 0 Å². The molecule has 1 N–H and O–H groups in total. The second kappa shape index (κ2) is 6.13. The summed E-state index contributed by atoms with van der Waals surface area (Å²) < 4.78 is 28.2. The van der Waals surface area contributed by atoms with Gasteiger partial charge in [0.2, 0.25) is 10.0 Å². The van der Waals surface area contributed by atoms with Crippen molar-refractivity contribution < 1.29 is 8.42 Å². The number of nitrogens with one attached hydrogen (secondary N) is 1. The largest absolute Gasteiger partial charge is 0.265 e. The SMILES string of the molecule is O=S(=O)(NCc1ccncc1)c1ccc(Br)cc1Br. The molecule has 1 aromatic heterocycles. The lowest BCUT2D eigenvalue weighted by molar-refractivity contribution is 0.581. The van der Waals surface area contributed by atoms with E-state index >= 15 is 0 Å². The van der Waals surface area contributed by atoms with E-state index < -0.39 is 10.0 Å². The average molecular weight is 406 g/mol. The number of hydrogen-bond acceptors (Lipinski definition) is 3. The highest BCUT2D eigenvalue weighted by Crippen LogP contribution is 2.25. The molecule has 0 saturated heterocycles. The van der Waals surface area contributed by atoms with Crippen LogP contribution >= 0.6 is 31.9 Å². The third kappa shape index (κ3) is 3.85. The summed E-state index contributed by atoms with van der Waals surface area (Å²) in [5.41, 5.74) is 0.854. The minimum atomic E-state index is -3.54. The molecule has 7 heteroatoms. The van der Waals surface area contributed by atoms with Crippen molar-refractivity contribution >= 4 is 41.9 Å². The molecule has 0 spiro atoms. The Labute approximate surface area is 128 Å². The second-order valence-electron chi connectivity index (χ2n) is 3.75. The van der Waals surface area contributed by atoms with Crippen LogP contribution in [0.3, 0.4) is 0 Å². The molecule has 2 aromatic rings. The van der Waals surface area contributed by atoms with Crippen LogP contribution in [0.15, 0.2) is 56.6 Å². The Bertz CT molecular complexity index is 675. The fourth-order valence-electron chi connectivity index (χ4n) is 1.45. The van der Waals surface area contributed by atoms with Crippen LogP contribution in [-0.4, -0.2) is 13.4 Å². The van der Waals surface area contributed by atoms with Gasteiger partial charge in [-0.1, -0.05) is 15.9 Å². The third-order valence-electron chi connectivity index (χ3n) is 2.40. The number of sulfonamides is 1. The Balaban J connectivity index is 2.19. The van der Waals surface area contributed by atoms with Gasteiger partial charge in [0.15, 0.2) is 0 Å². The first-order valence-corrected chi connectivity index (χ1v) is 8.39. The Kier molecular flexibility index (Phi) is 4.72. The minimum absolute atomic E-state index is 0.213. The summed E-state index contributed by atoms with van der Waals surface area (Å²) in [5.74, 6) is 0. The topological polar surface area (TPSA) is 59.1 Å². The van der Waals surface area contributed by atoms with Crippen molar-refractivity contribution in [1.82, 2.24) is 9.71 Å². The van der Waals surface area contributed by atoms with E-state index in [0.29, 0.717) is 4.47 Å². The van der Waals surface area contributed by atoms with Gasteiger partial charge >= 0.3 is 0 Å². The van der Waals surface area contributed by atoms with E-state index in [-0.39, 0.29) is 11.4 Å². The predicted molar refractivity (Wildman–Crippen MR) is 80.1 cm³/mol. The molecule has 0 aliphatic rings. The van der Waals surface area contributed by atoms with E-state index in [2.05, 4.69) is 41.6 Å². The van der Waals surface area contributed by atoms with Crippen LogP contribution in [0, 0.1) is 0 Å². The lowest BCUT2D eigenvalue weighted by Crippen LogP contribution is -2.23. The fraction of sp³-hybridized carbons (Fsp3) is 0.0833. The van der Waals surface area contributed by atoms with Crippen molar-refractivity contribution in [2.45, 2.75) is 11.4 Å². The summed E-state index contributed by atoms with van der Waals surface area (Å²) in [6, 6.07) is 8.45. The fourth-order valence-corrected chi connectivity index (χ4v) is 4.21. The summed E-state index contributed by atoms with van der Waals surface area (Å²) in [6.45, 7) is 0.230. The Morgan fingerprint density at radius 3 is 2.42 bits per heavy atom. The van der Waals surface area contributed by atoms with Gasteiger partial charge in [0.05, 0.1) is 4.90 Å². The van der Waals surface area contributed by atoms with Crippen LogP contribution in [0.2, 0.25) is 0 Å². The zero-order valence-corrected chi connectivity index (χ0v) is 13.7. The highest BCUT2D eigenvalue weighted by molar-refractivity contribution is 9.11. The molecule has 4 nitrogen and oxygen atoms in total. The molecule has 0 fully saturated rings. The van der Waals surface area contributed by atoms with Gasteiger partial charge in [-0.05, 0) is 51.8 Å². The first-order chi connectivity index (χ1) is 8.99. The Morgan fingerprint density at radius 2 is 1.79 bits per heavy atom. The molecule has 1 aromatic carbocycles. The van der Waals surface area contributed by atoms with Crippen molar-refractivity contribution in [3.05, 3.63) is 57.2 Å². The second-order valence-corrected chi connectivity index (χ2v) is 7.26. The summed E-state index contributed by atoms with van der Waals surface area (Å²) in [6.07, 6.45) is 3.25. The van der Waals surface area contributed by atoms with Crippen LogP contribution in [-0.2, 0) is 16.6 Å². The number of halogens is 2. The van der Waals surface area contributed by atoms with Gasteiger partial charge in [-0.3, -0.25) is 4.98 Å². The third-order valence-corrected chi connectivity index (χ3v) is 5.27. The normalized spacial score (nSPS) is 11.5. The van der Waals surface area contributed by atoms with E-state index in [9.17, 15) is 8.42 Å². The predicted octanol–water partition coefficient (Wildman–Crippen LogP) is 3.09. The van der Waals surface area contributed by atoms with Crippen LogP contribution in [0.1, 0.15) is 5.56 Å². The molecule has 2 rings (SSSR count). The molecule has 0 aliphatic carbocycles. The van der Waals surface area contributed by atoms with Gasteiger partial charge in [-0.2, -0.15) is 0 Å². The van der Waals surface area contributed by atoms with Crippen LogP contribution in [0.4, 0.5) is 0 Å². The maximum absolute atomic E-state index is 12.2. The van der Waals surface area contributed by atoms with Crippen LogP contribution in [0.25, 0.3) is 0 Å². The molecule has 1 heterocycles. The maximum Gasteiger partial charge on any atom is 0.241 e. The van der Waals surface area contributed by atoms with Crippen molar-refractivity contribution in [2.75, 3.05) is 0 Å². The maximum atomic E-state index is 12.2. The molecule has 0 saturated carbocycles. The number of nitrogens with zero attached hydrogens (tertiary/aromatic N) is 1. The van der Waals surface area contributed by atoms with E-state index in [1.807, 2.05) is 0 Å². The van der Waals surface area contributed by atoms with Gasteiger partial charge in [0, 0.05) is 27.9 Å². The number of aromatic nitrogens is 1. The highest BCUT2D eigenvalue weighted by atomic mass is 79.9. The quantitative estimate of drug-likeness (QED) is 0.850. The van der Waals surface area contributed by atoms with E-state index in [1.54, 1.807) is 42.7 Å². The van der Waals surface area contributed by atoms with Crippen molar-refractivity contribution in [3.8, 4) is 0 Å². The van der Waals surface area contributed by atoms with Gasteiger partial charge in [0.1, 0.15) is 0 Å². The number of rotatable bonds is 4. The molecular weight excluding hydrogens is 396 g/mol. The summed E-state index contributed by atoms with van der Waals surface area (Å²) in [7, 11) is -3.54. The zero-order valence-electron chi connectivity index (χ0n) is 9.68. The van der Waals surface area contributed by atoms with E-state index in [0.717, 1.165) is 10.0 Å². The standard InChI is InChI=1S/C12H10Br2N2O2S/c13-10-1-2-12(11(14)7-10)19(17,18)16-8-9-3-5-15-6-4-9/h1-7,16H,8H2. The molecule has 0 aliphatic heterocycles. The molecule has 19 heavy (non-hydrogen) atoms. The van der Waals surface area contributed by atoms with Gasteiger partial charge in [0.25, 0.3) is 0 Å². The average Bonchev–Trinajstić information content (AvgIpc) is 2.37. The number of pyridine rings is 1. The smallest absolute Gasteiger partial charge is 0.241 e. The summed E-state index contributed by atoms with van der Waals surface area (Å²) >= 11 is 6.54. The molecular formula is C12H10Br2N2O2S. The lowest BCUT2D eigenvalue weighted by Gasteiger charge is -2.08. The summed E-state index contributed by atoms with van der Waals surface area (Å²) in [4.78, 5) is 4.09. The highest BCUT2D eigenvalue weighted by Gasteiger charge is 2.17. The van der Waals surface area contributed by atoms with Crippen molar-refractivity contribution in [3.63, 3.8) is 0 Å². The van der Waals surface area contributed by atoms with Gasteiger partial charge in [-0.15, -0.1) is 0 Å². The Hall–Kier alpha value is -0.760. The lowest BCUT2D eigenvalue weighted by atomic mass is 10.3. The molecule has 0 amide bonds. The van der Waals surface area contributed by atoms with Gasteiger partial charge < -0.3 is 0 Å². The first-order valence-electron chi connectivity index (χ1n) is 5.33. The first kappa shape index (κ1) is 14.6. The molecule has 100 valence electrons. The molecule has 0 bridgehead atoms. The molecule has 0 radical (unpaired) electrons. The van der Waals surface area contributed by atoms with Crippen molar-refractivity contribution in [2.24, 2.45) is 0 Å². The Morgan fingerprint density at radius 1 is 1.11 bits per heavy atom. The number of benzene rings is 1. The van der Waals surface area contributed by atoms with Crippen LogP contribution < -0.4 is 4.72 Å². The number of hydrogen-bond donors (Lipinski definition) is 1. The minimum Gasteiger partial charge on any atom is -0.265 e. The molecule has 0 unspecified atom stereocenters. The van der Waals surface area contributed by atoms with Crippen LogP contribution in [0.5, 0.6) is 0 Å². The summed E-state index contributed by atoms with van der Waals surface area (Å²) in [5, 5.41) is 0. The van der Waals surface area contributed by atoms with E-state index in [1.165, 1.54) is 0 Å². The zero-order chi connectivity index (χ0) is 13.9.